The molecule has 0 heterocycles. The molecule has 0 radical (unpaired) electrons. The molecule has 0 amide bonds. The number of rotatable bonds is 3. The lowest BCUT2D eigenvalue weighted by Crippen LogP contribution is -2.01. The van der Waals surface area contributed by atoms with Gasteiger partial charge >= 0.3 is 0 Å². The van der Waals surface area contributed by atoms with E-state index in [1.165, 1.54) is 6.07 Å². The molecular formula is C16H15BrClFO. The lowest BCUT2D eigenvalue weighted by Gasteiger charge is -2.17. The number of methoxy groups -OCH3 is 1. The predicted octanol–water partition coefficient (Wildman–Crippen LogP) is 5.54. The average molecular weight is 358 g/mol. The summed E-state index contributed by atoms with van der Waals surface area (Å²) in [4.78, 5) is 0. The predicted molar refractivity (Wildman–Crippen MR) is 84.3 cm³/mol. The molecule has 0 fully saturated rings. The summed E-state index contributed by atoms with van der Waals surface area (Å²) in [6.07, 6.45) is 0. The highest BCUT2D eigenvalue weighted by molar-refractivity contribution is 9.10. The summed E-state index contributed by atoms with van der Waals surface area (Å²) in [5, 5.41) is -0.596. The van der Waals surface area contributed by atoms with Crippen LogP contribution in [0.4, 0.5) is 4.39 Å². The molecule has 2 rings (SSSR count). The van der Waals surface area contributed by atoms with Crippen molar-refractivity contribution in [2.75, 3.05) is 7.11 Å². The van der Waals surface area contributed by atoms with E-state index in [9.17, 15) is 4.39 Å². The van der Waals surface area contributed by atoms with Gasteiger partial charge in [-0.25, -0.2) is 4.39 Å². The highest BCUT2D eigenvalue weighted by Crippen LogP contribution is 2.39. The highest BCUT2D eigenvalue weighted by atomic mass is 79.9. The Bertz CT molecular complexity index is 643. The number of hydrogen-bond donors (Lipinski definition) is 0. The van der Waals surface area contributed by atoms with Crippen molar-refractivity contribution in [1.82, 2.24) is 0 Å². The maximum absolute atomic E-state index is 14.0. The van der Waals surface area contributed by atoms with E-state index in [4.69, 9.17) is 16.3 Å². The topological polar surface area (TPSA) is 9.23 Å². The molecule has 0 aromatic heterocycles. The lowest BCUT2D eigenvalue weighted by atomic mass is 10.00. The van der Waals surface area contributed by atoms with Crippen molar-refractivity contribution in [3.05, 3.63) is 62.9 Å². The van der Waals surface area contributed by atoms with Gasteiger partial charge in [0.25, 0.3) is 0 Å². The van der Waals surface area contributed by atoms with Crippen LogP contribution < -0.4 is 4.74 Å². The standard InChI is InChI=1S/C16H15BrClFO/c1-9-4-5-14(19)11(6-9)16(18)12-8-13(17)10(2)7-15(12)20-3/h4-8,16H,1-3H3. The molecule has 0 aliphatic carbocycles. The fraction of sp³-hybridized carbons (Fsp3) is 0.250. The van der Waals surface area contributed by atoms with Gasteiger partial charge in [0.1, 0.15) is 11.6 Å². The summed E-state index contributed by atoms with van der Waals surface area (Å²) in [7, 11) is 1.59. The third kappa shape index (κ3) is 2.99. The number of aryl methyl sites for hydroxylation is 2. The second-order valence-electron chi connectivity index (χ2n) is 4.73. The molecule has 0 aliphatic heterocycles. The van der Waals surface area contributed by atoms with Crippen LogP contribution in [0.25, 0.3) is 0 Å². The maximum Gasteiger partial charge on any atom is 0.128 e. The van der Waals surface area contributed by atoms with Gasteiger partial charge < -0.3 is 4.74 Å². The summed E-state index contributed by atoms with van der Waals surface area (Å²) < 4.78 is 20.3. The Hall–Kier alpha value is -1.06. The van der Waals surface area contributed by atoms with Crippen LogP contribution in [-0.2, 0) is 0 Å². The van der Waals surface area contributed by atoms with E-state index in [0.717, 1.165) is 21.2 Å². The summed E-state index contributed by atoms with van der Waals surface area (Å²) in [5.74, 6) is 0.348. The molecule has 0 bridgehead atoms. The molecule has 0 saturated heterocycles. The van der Waals surface area contributed by atoms with Gasteiger partial charge in [0.05, 0.1) is 12.5 Å². The summed E-state index contributed by atoms with van der Waals surface area (Å²) in [6, 6.07) is 8.71. The second kappa shape index (κ2) is 6.15. The molecule has 1 unspecified atom stereocenters. The zero-order valence-corrected chi connectivity index (χ0v) is 13.8. The first-order valence-corrected chi connectivity index (χ1v) is 7.41. The SMILES string of the molecule is COc1cc(C)c(Br)cc1C(Cl)c1cc(C)ccc1F. The van der Waals surface area contributed by atoms with E-state index in [2.05, 4.69) is 15.9 Å². The average Bonchev–Trinajstić information content (AvgIpc) is 2.43. The third-order valence-corrected chi connectivity index (χ3v) is 4.53. The Morgan fingerprint density at radius 3 is 2.50 bits per heavy atom. The van der Waals surface area contributed by atoms with E-state index in [1.54, 1.807) is 19.2 Å². The number of hydrogen-bond acceptors (Lipinski definition) is 1. The van der Waals surface area contributed by atoms with Crippen molar-refractivity contribution >= 4 is 27.5 Å². The first kappa shape index (κ1) is 15.3. The van der Waals surface area contributed by atoms with Crippen LogP contribution in [0.2, 0.25) is 0 Å². The molecular weight excluding hydrogens is 343 g/mol. The van der Waals surface area contributed by atoms with Crippen molar-refractivity contribution in [2.24, 2.45) is 0 Å². The molecule has 1 atom stereocenters. The van der Waals surface area contributed by atoms with Gasteiger partial charge in [0.15, 0.2) is 0 Å². The number of ether oxygens (including phenoxy) is 1. The molecule has 0 saturated carbocycles. The van der Waals surface area contributed by atoms with Gasteiger partial charge in [-0.3, -0.25) is 0 Å². The zero-order chi connectivity index (χ0) is 14.9. The first-order valence-electron chi connectivity index (χ1n) is 6.18. The van der Waals surface area contributed by atoms with Crippen LogP contribution in [0.15, 0.2) is 34.8 Å². The van der Waals surface area contributed by atoms with E-state index in [1.807, 2.05) is 26.0 Å². The number of halogens is 3. The van der Waals surface area contributed by atoms with Crippen LogP contribution in [0.3, 0.4) is 0 Å². The molecule has 2 aromatic rings. The quantitative estimate of drug-likeness (QED) is 0.655. The van der Waals surface area contributed by atoms with Crippen LogP contribution >= 0.6 is 27.5 Å². The van der Waals surface area contributed by atoms with Gasteiger partial charge in [-0.05, 0) is 37.6 Å². The molecule has 4 heteroatoms. The smallest absolute Gasteiger partial charge is 0.128 e. The van der Waals surface area contributed by atoms with Crippen molar-refractivity contribution in [2.45, 2.75) is 19.2 Å². The fourth-order valence-electron chi connectivity index (χ4n) is 2.07. The molecule has 1 nitrogen and oxygen atoms in total. The Kier molecular flexibility index (Phi) is 4.71. The molecule has 0 spiro atoms. The van der Waals surface area contributed by atoms with Crippen LogP contribution in [0, 0.1) is 19.7 Å². The largest absolute Gasteiger partial charge is 0.496 e. The molecule has 106 valence electrons. The fourth-order valence-corrected chi connectivity index (χ4v) is 2.77. The minimum absolute atomic E-state index is 0.311. The van der Waals surface area contributed by atoms with Crippen LogP contribution in [0.1, 0.15) is 27.6 Å². The highest BCUT2D eigenvalue weighted by Gasteiger charge is 2.20. The van der Waals surface area contributed by atoms with E-state index in [-0.39, 0.29) is 5.82 Å². The third-order valence-electron chi connectivity index (χ3n) is 3.21. The minimum Gasteiger partial charge on any atom is -0.496 e. The van der Waals surface area contributed by atoms with Gasteiger partial charge in [-0.15, -0.1) is 11.6 Å². The molecule has 0 N–H and O–H groups in total. The van der Waals surface area contributed by atoms with Crippen LogP contribution in [0.5, 0.6) is 5.75 Å². The normalized spacial score (nSPS) is 12.3. The van der Waals surface area contributed by atoms with Crippen molar-refractivity contribution in [3.8, 4) is 5.75 Å². The van der Waals surface area contributed by atoms with Crippen molar-refractivity contribution in [1.29, 1.82) is 0 Å². The summed E-state index contributed by atoms with van der Waals surface area (Å²) >= 11 is 9.95. The van der Waals surface area contributed by atoms with Crippen molar-refractivity contribution in [3.63, 3.8) is 0 Å². The van der Waals surface area contributed by atoms with Gasteiger partial charge in [0, 0.05) is 15.6 Å². The maximum atomic E-state index is 14.0. The Morgan fingerprint density at radius 1 is 1.15 bits per heavy atom. The monoisotopic (exact) mass is 356 g/mol. The zero-order valence-electron chi connectivity index (χ0n) is 11.5. The number of alkyl halides is 1. The summed E-state index contributed by atoms with van der Waals surface area (Å²) in [5.41, 5.74) is 3.22. The Labute approximate surface area is 131 Å². The Balaban J connectivity index is 2.55. The first-order chi connectivity index (χ1) is 9.43. The number of benzene rings is 2. The van der Waals surface area contributed by atoms with Gasteiger partial charge in [-0.2, -0.15) is 0 Å². The van der Waals surface area contributed by atoms with Gasteiger partial charge in [0.2, 0.25) is 0 Å². The molecule has 0 aliphatic rings. The Morgan fingerprint density at radius 2 is 1.85 bits per heavy atom. The molecule has 20 heavy (non-hydrogen) atoms. The van der Waals surface area contributed by atoms with E-state index < -0.39 is 5.38 Å². The van der Waals surface area contributed by atoms with E-state index >= 15 is 0 Å². The van der Waals surface area contributed by atoms with Crippen LogP contribution in [-0.4, -0.2) is 7.11 Å². The van der Waals surface area contributed by atoms with Gasteiger partial charge in [-0.1, -0.05) is 33.6 Å². The van der Waals surface area contributed by atoms with E-state index in [0.29, 0.717) is 11.3 Å². The van der Waals surface area contributed by atoms with Crippen molar-refractivity contribution < 1.29 is 9.13 Å². The minimum atomic E-state index is -0.596. The second-order valence-corrected chi connectivity index (χ2v) is 6.02. The summed E-state index contributed by atoms with van der Waals surface area (Å²) in [6.45, 7) is 3.88. The lowest BCUT2D eigenvalue weighted by molar-refractivity contribution is 0.409. The molecule has 2 aromatic carbocycles.